The molecule has 100 valence electrons. The summed E-state index contributed by atoms with van der Waals surface area (Å²) in [5, 5.41) is 4.41. The van der Waals surface area contributed by atoms with Gasteiger partial charge in [0.15, 0.2) is 0 Å². The highest BCUT2D eigenvalue weighted by molar-refractivity contribution is 9.10. The van der Waals surface area contributed by atoms with Crippen molar-refractivity contribution in [3.05, 3.63) is 15.9 Å². The summed E-state index contributed by atoms with van der Waals surface area (Å²) in [6.07, 6.45) is 2.19. The molecule has 0 amide bonds. The Balaban J connectivity index is 2.14. The van der Waals surface area contributed by atoms with Crippen LogP contribution in [0.2, 0.25) is 0 Å². The van der Waals surface area contributed by atoms with Gasteiger partial charge in [-0.05, 0) is 35.7 Å². The largest absolute Gasteiger partial charge is 0.378 e. The number of aryl methyl sites for hydroxylation is 2. The Morgan fingerprint density at radius 2 is 2.33 bits per heavy atom. The Kier molecular flexibility index (Phi) is 4.22. The van der Waals surface area contributed by atoms with Crippen LogP contribution < -0.4 is 0 Å². The zero-order valence-electron chi connectivity index (χ0n) is 11.1. The lowest BCUT2D eigenvalue weighted by Gasteiger charge is -2.12. The second-order valence-corrected chi connectivity index (χ2v) is 5.59. The molecule has 0 aromatic carbocycles. The third kappa shape index (κ3) is 2.52. The van der Waals surface area contributed by atoms with E-state index in [1.807, 2.05) is 14.0 Å². The molecule has 18 heavy (non-hydrogen) atoms. The highest BCUT2D eigenvalue weighted by Crippen LogP contribution is 2.26. The van der Waals surface area contributed by atoms with Crippen molar-refractivity contribution in [2.75, 3.05) is 6.61 Å². The van der Waals surface area contributed by atoms with Crippen molar-refractivity contribution in [1.29, 1.82) is 0 Å². The van der Waals surface area contributed by atoms with E-state index >= 15 is 0 Å². The van der Waals surface area contributed by atoms with Gasteiger partial charge in [-0.3, -0.25) is 9.48 Å². The summed E-state index contributed by atoms with van der Waals surface area (Å²) in [7, 11) is 1.89. The van der Waals surface area contributed by atoms with Gasteiger partial charge in [0.2, 0.25) is 0 Å². The molecule has 5 heteroatoms. The number of Topliss-reactive ketones (excluding diaryl/α,β-unsaturated/α-hetero) is 1. The van der Waals surface area contributed by atoms with E-state index in [4.69, 9.17) is 4.74 Å². The van der Waals surface area contributed by atoms with Crippen molar-refractivity contribution in [3.63, 3.8) is 0 Å². The number of hydrogen-bond acceptors (Lipinski definition) is 3. The smallest absolute Gasteiger partial charge is 0.144 e. The van der Waals surface area contributed by atoms with Crippen LogP contribution in [-0.2, 0) is 29.4 Å². The molecule has 1 saturated heterocycles. The Morgan fingerprint density at radius 3 is 2.83 bits per heavy atom. The van der Waals surface area contributed by atoms with Gasteiger partial charge in [0, 0.05) is 26.0 Å². The highest BCUT2D eigenvalue weighted by Gasteiger charge is 2.31. The second-order valence-electron chi connectivity index (χ2n) is 4.80. The summed E-state index contributed by atoms with van der Waals surface area (Å²) in [6.45, 7) is 4.74. The van der Waals surface area contributed by atoms with Crippen molar-refractivity contribution >= 4 is 21.7 Å². The van der Waals surface area contributed by atoms with Crippen LogP contribution in [0.4, 0.5) is 0 Å². The van der Waals surface area contributed by atoms with E-state index in [1.165, 1.54) is 0 Å². The number of hydrogen-bond donors (Lipinski definition) is 0. The quantitative estimate of drug-likeness (QED) is 0.856. The maximum absolute atomic E-state index is 12.3. The average molecular weight is 315 g/mol. The molecule has 1 aliphatic rings. The average Bonchev–Trinajstić information content (AvgIpc) is 2.87. The summed E-state index contributed by atoms with van der Waals surface area (Å²) in [4.78, 5) is 12.3. The standard InChI is InChI=1S/C13H19BrN2O2/c1-4-10-13(14)11(16(3)15-10)7-12(17)9-5-6-18-8(9)2/h8-9H,4-7H2,1-3H3. The number of rotatable bonds is 4. The van der Waals surface area contributed by atoms with Crippen LogP contribution in [0.15, 0.2) is 4.47 Å². The van der Waals surface area contributed by atoms with Gasteiger partial charge < -0.3 is 4.74 Å². The molecule has 0 N–H and O–H groups in total. The van der Waals surface area contributed by atoms with E-state index in [0.717, 1.165) is 28.7 Å². The van der Waals surface area contributed by atoms with E-state index in [0.29, 0.717) is 13.0 Å². The first-order chi connectivity index (χ1) is 8.54. The topological polar surface area (TPSA) is 44.1 Å². The number of carbonyl (C=O) groups excluding carboxylic acids is 1. The first-order valence-electron chi connectivity index (χ1n) is 6.39. The van der Waals surface area contributed by atoms with Crippen LogP contribution in [0.5, 0.6) is 0 Å². The predicted octanol–water partition coefficient (Wildman–Crippen LogP) is 2.28. The molecule has 0 bridgehead atoms. The van der Waals surface area contributed by atoms with Crippen LogP contribution in [0, 0.1) is 5.92 Å². The Hall–Kier alpha value is -0.680. The van der Waals surface area contributed by atoms with Gasteiger partial charge in [-0.25, -0.2) is 0 Å². The molecule has 2 unspecified atom stereocenters. The molecular formula is C13H19BrN2O2. The van der Waals surface area contributed by atoms with Gasteiger partial charge in [-0.2, -0.15) is 5.10 Å². The van der Waals surface area contributed by atoms with Gasteiger partial charge in [0.25, 0.3) is 0 Å². The monoisotopic (exact) mass is 314 g/mol. The molecular weight excluding hydrogens is 296 g/mol. The Bertz CT molecular complexity index is 456. The number of aromatic nitrogens is 2. The predicted molar refractivity (Wildman–Crippen MR) is 72.5 cm³/mol. The minimum absolute atomic E-state index is 0.0388. The molecule has 1 aliphatic heterocycles. The van der Waals surface area contributed by atoms with Crippen LogP contribution in [-0.4, -0.2) is 28.3 Å². The van der Waals surface area contributed by atoms with Crippen molar-refractivity contribution < 1.29 is 9.53 Å². The molecule has 1 fully saturated rings. The van der Waals surface area contributed by atoms with E-state index in [1.54, 1.807) is 4.68 Å². The third-order valence-electron chi connectivity index (χ3n) is 3.63. The molecule has 2 rings (SSSR count). The van der Waals surface area contributed by atoms with Crippen molar-refractivity contribution in [2.45, 2.75) is 39.2 Å². The van der Waals surface area contributed by atoms with E-state index < -0.39 is 0 Å². The van der Waals surface area contributed by atoms with Gasteiger partial charge >= 0.3 is 0 Å². The molecule has 0 spiro atoms. The van der Waals surface area contributed by atoms with Crippen LogP contribution in [0.3, 0.4) is 0 Å². The molecule has 2 heterocycles. The van der Waals surface area contributed by atoms with Gasteiger partial charge in [-0.15, -0.1) is 0 Å². The molecule has 4 nitrogen and oxygen atoms in total. The third-order valence-corrected chi connectivity index (χ3v) is 4.55. The SMILES string of the molecule is CCc1nn(C)c(CC(=O)C2CCOC2C)c1Br. The molecule has 0 aliphatic carbocycles. The second kappa shape index (κ2) is 5.53. The Morgan fingerprint density at radius 1 is 1.61 bits per heavy atom. The zero-order chi connectivity index (χ0) is 13.3. The number of halogens is 1. The van der Waals surface area contributed by atoms with Gasteiger partial charge in [-0.1, -0.05) is 6.92 Å². The zero-order valence-corrected chi connectivity index (χ0v) is 12.7. The summed E-state index contributed by atoms with van der Waals surface area (Å²) in [6, 6.07) is 0. The highest BCUT2D eigenvalue weighted by atomic mass is 79.9. The van der Waals surface area contributed by atoms with Crippen molar-refractivity contribution in [3.8, 4) is 0 Å². The fourth-order valence-electron chi connectivity index (χ4n) is 2.46. The minimum atomic E-state index is 0.0388. The molecule has 0 saturated carbocycles. The lowest BCUT2D eigenvalue weighted by Crippen LogP contribution is -2.24. The summed E-state index contributed by atoms with van der Waals surface area (Å²) in [5.74, 6) is 0.295. The first kappa shape index (κ1) is 13.7. The van der Waals surface area contributed by atoms with Gasteiger partial charge in [0.05, 0.1) is 22.0 Å². The molecule has 2 atom stereocenters. The lowest BCUT2D eigenvalue weighted by molar-refractivity contribution is -0.123. The fraction of sp³-hybridized carbons (Fsp3) is 0.692. The number of nitrogens with zero attached hydrogens (tertiary/aromatic N) is 2. The molecule has 1 aromatic rings. The summed E-state index contributed by atoms with van der Waals surface area (Å²) >= 11 is 3.55. The van der Waals surface area contributed by atoms with Gasteiger partial charge in [0.1, 0.15) is 5.78 Å². The summed E-state index contributed by atoms with van der Waals surface area (Å²) in [5.41, 5.74) is 1.98. The normalized spacial score (nSPS) is 23.6. The molecule has 1 aromatic heterocycles. The Labute approximate surface area is 116 Å². The lowest BCUT2D eigenvalue weighted by atomic mass is 9.94. The first-order valence-corrected chi connectivity index (χ1v) is 7.18. The maximum atomic E-state index is 12.3. The fourth-order valence-corrected chi connectivity index (χ4v) is 3.22. The maximum Gasteiger partial charge on any atom is 0.144 e. The van der Waals surface area contributed by atoms with Crippen LogP contribution >= 0.6 is 15.9 Å². The number of carbonyl (C=O) groups is 1. The number of ether oxygens (including phenoxy) is 1. The summed E-state index contributed by atoms with van der Waals surface area (Å²) < 4.78 is 8.24. The van der Waals surface area contributed by atoms with Crippen LogP contribution in [0.25, 0.3) is 0 Å². The van der Waals surface area contributed by atoms with E-state index in [-0.39, 0.29) is 17.8 Å². The minimum Gasteiger partial charge on any atom is -0.378 e. The molecule has 0 radical (unpaired) electrons. The van der Waals surface area contributed by atoms with Crippen molar-refractivity contribution in [2.24, 2.45) is 13.0 Å². The van der Waals surface area contributed by atoms with E-state index in [9.17, 15) is 4.79 Å². The van der Waals surface area contributed by atoms with Crippen molar-refractivity contribution in [1.82, 2.24) is 9.78 Å². The number of ketones is 1. The van der Waals surface area contributed by atoms with Crippen LogP contribution in [0.1, 0.15) is 31.7 Å². The van der Waals surface area contributed by atoms with E-state index in [2.05, 4.69) is 28.0 Å².